The Bertz CT molecular complexity index is 1670. The van der Waals surface area contributed by atoms with E-state index in [1.807, 2.05) is 42.2 Å². The van der Waals surface area contributed by atoms with E-state index >= 15 is 0 Å². The lowest BCUT2D eigenvalue weighted by atomic mass is 9.48. The summed E-state index contributed by atoms with van der Waals surface area (Å²) in [5.41, 5.74) is 3.49. The molecule has 0 aromatic heterocycles. The molecule has 5 atom stereocenters. The number of hydrogen-bond donors (Lipinski definition) is 0. The molecule has 1 saturated carbocycles. The molecule has 46 heavy (non-hydrogen) atoms. The molecule has 2 fully saturated rings. The number of likely N-dealkylation sites (tertiary alicyclic amines) is 1. The molecule has 6 rings (SSSR count). The maximum atomic E-state index is 14.1. The SMILES string of the molecule is C=CCN1CC[C@]23c4c5ccc(OC(C)=O)c4O[C@H]2[C@H](N(CC(C)C)C(=O)C#Cc2ccc(C)c(C)c2)CC[C@@]3(OC(C)=O)[C@H]1C5. The van der Waals surface area contributed by atoms with E-state index in [4.69, 9.17) is 14.2 Å². The number of esters is 2. The summed E-state index contributed by atoms with van der Waals surface area (Å²) in [6.45, 7) is 17.0. The molecule has 242 valence electrons. The summed E-state index contributed by atoms with van der Waals surface area (Å²) < 4.78 is 19.2. The second-order valence-corrected chi connectivity index (χ2v) is 13.8. The van der Waals surface area contributed by atoms with Crippen LogP contribution >= 0.6 is 0 Å². The first-order valence-electron chi connectivity index (χ1n) is 16.4. The van der Waals surface area contributed by atoms with Gasteiger partial charge in [0.25, 0.3) is 5.91 Å². The van der Waals surface area contributed by atoms with E-state index in [1.165, 1.54) is 19.4 Å². The van der Waals surface area contributed by atoms with E-state index in [9.17, 15) is 14.4 Å². The zero-order valence-electron chi connectivity index (χ0n) is 27.8. The van der Waals surface area contributed by atoms with Crippen LogP contribution in [0.3, 0.4) is 0 Å². The summed E-state index contributed by atoms with van der Waals surface area (Å²) in [6.07, 6.45) is 3.78. The predicted molar refractivity (Wildman–Crippen MR) is 175 cm³/mol. The summed E-state index contributed by atoms with van der Waals surface area (Å²) in [4.78, 5) is 43.6. The second-order valence-electron chi connectivity index (χ2n) is 13.8. The molecule has 0 N–H and O–H groups in total. The van der Waals surface area contributed by atoms with Crippen molar-refractivity contribution in [2.24, 2.45) is 5.92 Å². The normalized spacial score (nSPS) is 27.1. The molecule has 2 heterocycles. The van der Waals surface area contributed by atoms with Crippen molar-refractivity contribution in [3.05, 3.63) is 70.8 Å². The lowest BCUT2D eigenvalue weighted by Gasteiger charge is -2.65. The Hall–Kier alpha value is -4.09. The molecule has 2 aromatic carbocycles. The number of piperidine rings is 1. The number of rotatable bonds is 7. The smallest absolute Gasteiger partial charge is 0.308 e. The van der Waals surface area contributed by atoms with Gasteiger partial charge < -0.3 is 19.1 Å². The highest BCUT2D eigenvalue weighted by Gasteiger charge is 2.75. The first kappa shape index (κ1) is 31.9. The second kappa shape index (κ2) is 11.9. The standard InChI is InChI=1S/C38H44N2O6/c1-8-18-39-19-17-37-34-29-12-13-31(44-26(6)41)35(34)45-36(37)30(15-16-38(37,32(39)21-29)46-27(7)42)40(22-23(2)3)33(43)14-11-28-10-9-24(4)25(5)20-28/h8-10,12-13,20,23,30,32,36H,1,15-19,21-22H2,2-7H3/t30-,32-,36+,37+,38-/m1/s1. The van der Waals surface area contributed by atoms with Gasteiger partial charge in [-0.25, -0.2) is 0 Å². The van der Waals surface area contributed by atoms with Crippen molar-refractivity contribution in [1.82, 2.24) is 9.80 Å². The average Bonchev–Trinajstić information content (AvgIpc) is 3.34. The highest BCUT2D eigenvalue weighted by atomic mass is 16.6. The predicted octanol–water partition coefficient (Wildman–Crippen LogP) is 5.04. The third kappa shape index (κ3) is 5.00. The fourth-order valence-corrected chi connectivity index (χ4v) is 8.75. The fraction of sp³-hybridized carbons (Fsp3) is 0.500. The highest BCUT2D eigenvalue weighted by molar-refractivity contribution is 5.94. The van der Waals surface area contributed by atoms with Gasteiger partial charge in [0.1, 0.15) is 11.7 Å². The van der Waals surface area contributed by atoms with Crippen LogP contribution in [0.2, 0.25) is 0 Å². The third-order valence-electron chi connectivity index (χ3n) is 10.5. The number of carbonyl (C=O) groups is 3. The van der Waals surface area contributed by atoms with Gasteiger partial charge in [-0.3, -0.25) is 19.3 Å². The van der Waals surface area contributed by atoms with Crippen LogP contribution in [-0.4, -0.2) is 71.1 Å². The molecule has 2 aromatic rings. The van der Waals surface area contributed by atoms with Crippen LogP contribution in [0.15, 0.2) is 43.0 Å². The zero-order chi connectivity index (χ0) is 33.0. The lowest BCUT2D eigenvalue weighted by Crippen LogP contribution is -2.79. The van der Waals surface area contributed by atoms with Crippen molar-refractivity contribution < 1.29 is 28.6 Å². The van der Waals surface area contributed by atoms with E-state index < -0.39 is 23.1 Å². The number of nitrogens with zero attached hydrogens (tertiary/aromatic N) is 2. The van der Waals surface area contributed by atoms with Crippen LogP contribution < -0.4 is 9.47 Å². The molecular weight excluding hydrogens is 580 g/mol. The third-order valence-corrected chi connectivity index (χ3v) is 10.5. The van der Waals surface area contributed by atoms with E-state index in [0.29, 0.717) is 50.3 Å². The number of carbonyl (C=O) groups excluding carboxylic acids is 3. The lowest BCUT2D eigenvalue weighted by molar-refractivity contribution is -0.223. The molecule has 8 heteroatoms. The maximum absolute atomic E-state index is 14.1. The van der Waals surface area contributed by atoms with Crippen molar-refractivity contribution >= 4 is 17.8 Å². The van der Waals surface area contributed by atoms with Gasteiger partial charge in [0.05, 0.1) is 17.5 Å². The molecule has 1 spiro atoms. The Morgan fingerprint density at radius 3 is 2.59 bits per heavy atom. The van der Waals surface area contributed by atoms with Crippen molar-refractivity contribution in [2.45, 2.75) is 96.4 Å². The molecule has 2 aliphatic heterocycles. The van der Waals surface area contributed by atoms with E-state index in [-0.39, 0.29) is 29.9 Å². The molecule has 1 amide bonds. The van der Waals surface area contributed by atoms with E-state index in [2.05, 4.69) is 44.1 Å². The van der Waals surface area contributed by atoms with Crippen LogP contribution in [0.4, 0.5) is 0 Å². The van der Waals surface area contributed by atoms with Crippen LogP contribution in [0, 0.1) is 31.6 Å². The number of amides is 1. The minimum Gasteiger partial charge on any atom is -0.483 e. The van der Waals surface area contributed by atoms with Crippen molar-refractivity contribution in [2.75, 3.05) is 19.6 Å². The van der Waals surface area contributed by atoms with Gasteiger partial charge >= 0.3 is 11.9 Å². The first-order chi connectivity index (χ1) is 21.9. The van der Waals surface area contributed by atoms with Gasteiger partial charge in [0, 0.05) is 50.5 Å². The number of aryl methyl sites for hydroxylation is 2. The molecule has 8 nitrogen and oxygen atoms in total. The molecule has 4 aliphatic rings. The summed E-state index contributed by atoms with van der Waals surface area (Å²) in [6, 6.07) is 9.33. The summed E-state index contributed by atoms with van der Waals surface area (Å²) >= 11 is 0. The number of benzene rings is 2. The van der Waals surface area contributed by atoms with Crippen LogP contribution in [0.5, 0.6) is 11.5 Å². The van der Waals surface area contributed by atoms with Gasteiger partial charge in [-0.15, -0.1) is 6.58 Å². The monoisotopic (exact) mass is 624 g/mol. The minimum atomic E-state index is -0.897. The first-order valence-corrected chi connectivity index (χ1v) is 16.4. The molecular formula is C38H44N2O6. The molecule has 2 aliphatic carbocycles. The van der Waals surface area contributed by atoms with Gasteiger partial charge in [0.2, 0.25) is 0 Å². The minimum absolute atomic E-state index is 0.105. The zero-order valence-corrected chi connectivity index (χ0v) is 27.8. The molecule has 1 saturated heterocycles. The topological polar surface area (TPSA) is 85.4 Å². The number of hydrogen-bond acceptors (Lipinski definition) is 7. The fourth-order valence-electron chi connectivity index (χ4n) is 8.75. The van der Waals surface area contributed by atoms with Gasteiger partial charge in [0.15, 0.2) is 11.5 Å². The number of ether oxygens (including phenoxy) is 3. The Kier molecular flexibility index (Phi) is 8.27. The van der Waals surface area contributed by atoms with Crippen molar-refractivity contribution in [3.63, 3.8) is 0 Å². The largest absolute Gasteiger partial charge is 0.483 e. The molecule has 0 unspecified atom stereocenters. The van der Waals surface area contributed by atoms with Gasteiger partial charge in [-0.1, -0.05) is 38.0 Å². The Balaban J connectivity index is 1.50. The van der Waals surface area contributed by atoms with Crippen molar-refractivity contribution in [3.8, 4) is 23.3 Å². The Labute approximate surface area is 272 Å². The van der Waals surface area contributed by atoms with Crippen LogP contribution in [-0.2, 0) is 31.0 Å². The van der Waals surface area contributed by atoms with E-state index in [1.54, 1.807) is 6.07 Å². The molecule has 0 radical (unpaired) electrons. The summed E-state index contributed by atoms with van der Waals surface area (Å²) in [7, 11) is 0. The van der Waals surface area contributed by atoms with Gasteiger partial charge in [-0.05, 0) is 80.3 Å². The highest BCUT2D eigenvalue weighted by Crippen LogP contribution is 2.67. The Morgan fingerprint density at radius 1 is 1.13 bits per heavy atom. The van der Waals surface area contributed by atoms with Crippen LogP contribution in [0.25, 0.3) is 0 Å². The maximum Gasteiger partial charge on any atom is 0.308 e. The summed E-state index contributed by atoms with van der Waals surface area (Å²) in [5.74, 6) is 6.07. The Morgan fingerprint density at radius 2 is 1.91 bits per heavy atom. The van der Waals surface area contributed by atoms with E-state index in [0.717, 1.165) is 28.8 Å². The average molecular weight is 625 g/mol. The van der Waals surface area contributed by atoms with Crippen LogP contribution in [0.1, 0.15) is 74.8 Å². The van der Waals surface area contributed by atoms with Crippen molar-refractivity contribution in [1.29, 1.82) is 0 Å². The summed E-state index contributed by atoms with van der Waals surface area (Å²) in [5, 5.41) is 0. The quantitative estimate of drug-likeness (QED) is 0.185. The molecule has 2 bridgehead atoms. The van der Waals surface area contributed by atoms with Gasteiger partial charge in [-0.2, -0.15) is 0 Å².